The number of nitrogens with one attached hydrogen (secondary N) is 1. The molecule has 1 unspecified atom stereocenters. The van der Waals surface area contributed by atoms with Crippen molar-refractivity contribution in [3.63, 3.8) is 0 Å². The van der Waals surface area contributed by atoms with Gasteiger partial charge >= 0.3 is 0 Å². The molecule has 3 heterocycles. The van der Waals surface area contributed by atoms with E-state index in [2.05, 4.69) is 21.5 Å². The third-order valence-electron chi connectivity index (χ3n) is 5.28. The molecule has 0 aliphatic heterocycles. The molecule has 170 valence electrons. The summed E-state index contributed by atoms with van der Waals surface area (Å²) in [7, 11) is 0. The second kappa shape index (κ2) is 10.0. The number of carbonyl (C=O) groups excluding carboxylic acids is 1. The highest BCUT2D eigenvalue weighted by Crippen LogP contribution is 2.30. The first-order valence-corrected chi connectivity index (χ1v) is 13.2. The van der Waals surface area contributed by atoms with E-state index in [4.69, 9.17) is 0 Å². The first kappa shape index (κ1) is 23.4. The van der Waals surface area contributed by atoms with E-state index < -0.39 is 0 Å². The molecule has 3 aromatic heterocycles. The topological polar surface area (TPSA) is 79.0 Å². The second-order valence-electron chi connectivity index (χ2n) is 7.55. The minimum Gasteiger partial charge on any atom is -0.309 e. The lowest BCUT2D eigenvalue weighted by molar-refractivity contribution is -0.117. The van der Waals surface area contributed by atoms with Gasteiger partial charge in [0.25, 0.3) is 5.56 Å². The Balaban J connectivity index is 1.49. The summed E-state index contributed by atoms with van der Waals surface area (Å²) in [6.07, 6.45) is 1.70. The Labute approximate surface area is 204 Å². The predicted molar refractivity (Wildman–Crippen MR) is 141 cm³/mol. The number of anilines is 1. The summed E-state index contributed by atoms with van der Waals surface area (Å²) in [5.41, 5.74) is 2.71. The molecule has 9 heteroatoms. The maximum atomic E-state index is 13.3. The Morgan fingerprint density at radius 2 is 2.03 bits per heavy atom. The Bertz CT molecular complexity index is 1360. The fourth-order valence-corrected chi connectivity index (χ4v) is 6.10. The molecule has 0 fully saturated rings. The van der Waals surface area contributed by atoms with Crippen molar-refractivity contribution in [2.45, 2.75) is 31.8 Å². The molecule has 4 aromatic rings. The zero-order valence-electron chi connectivity index (χ0n) is 18.6. The Morgan fingerprint density at radius 1 is 1.27 bits per heavy atom. The largest absolute Gasteiger partial charge is 0.309 e. The van der Waals surface area contributed by atoms with E-state index in [1.165, 1.54) is 34.4 Å². The smallest absolute Gasteiger partial charge is 0.259 e. The summed E-state index contributed by atoms with van der Waals surface area (Å²) in [4.78, 5) is 41.5. The number of carbonyl (C=O) groups is 1. The lowest BCUT2D eigenvalue weighted by atomic mass is 10.2. The number of aromatic nitrogens is 3. The van der Waals surface area contributed by atoms with Crippen LogP contribution in [0.2, 0.25) is 0 Å². The number of benzene rings is 1. The van der Waals surface area contributed by atoms with Crippen molar-refractivity contribution in [2.75, 3.05) is 11.4 Å². The molecule has 33 heavy (non-hydrogen) atoms. The van der Waals surface area contributed by atoms with Crippen molar-refractivity contribution >= 4 is 55.7 Å². The number of nitrogens with zero attached hydrogens (tertiary/aromatic N) is 3. The molecule has 1 amide bonds. The van der Waals surface area contributed by atoms with Crippen LogP contribution in [0.5, 0.6) is 0 Å². The predicted octanol–water partition coefficient (Wildman–Crippen LogP) is 5.57. The van der Waals surface area contributed by atoms with Crippen molar-refractivity contribution in [3.8, 4) is 11.3 Å². The number of thiazole rings is 1. The first-order valence-electron chi connectivity index (χ1n) is 10.4. The average Bonchev–Trinajstić information content (AvgIpc) is 3.41. The summed E-state index contributed by atoms with van der Waals surface area (Å²) >= 11 is 4.40. The second-order valence-corrected chi connectivity index (χ2v) is 10.9. The minimum absolute atomic E-state index is 0.0555. The van der Waals surface area contributed by atoms with E-state index in [1.807, 2.05) is 56.5 Å². The van der Waals surface area contributed by atoms with Crippen LogP contribution in [-0.2, 0) is 10.5 Å². The highest BCUT2D eigenvalue weighted by molar-refractivity contribution is 7.99. The maximum absolute atomic E-state index is 13.3. The number of aromatic amines is 1. The molecule has 4 rings (SSSR count). The molecule has 0 bridgehead atoms. The van der Waals surface area contributed by atoms with Gasteiger partial charge in [-0.3, -0.25) is 14.5 Å². The third kappa shape index (κ3) is 4.95. The van der Waals surface area contributed by atoms with Gasteiger partial charge in [0.15, 0.2) is 5.13 Å². The Hall–Kier alpha value is -2.75. The quantitative estimate of drug-likeness (QED) is 0.323. The monoisotopic (exact) mass is 496 g/mol. The fourth-order valence-electron chi connectivity index (χ4n) is 3.38. The van der Waals surface area contributed by atoms with Gasteiger partial charge < -0.3 is 4.98 Å². The number of amides is 1. The Kier molecular flexibility index (Phi) is 7.11. The lowest BCUT2D eigenvalue weighted by Crippen LogP contribution is -2.36. The zero-order chi connectivity index (χ0) is 23.5. The van der Waals surface area contributed by atoms with E-state index in [0.717, 1.165) is 26.5 Å². The van der Waals surface area contributed by atoms with E-state index in [1.54, 1.807) is 11.0 Å². The minimum atomic E-state index is -0.346. The maximum Gasteiger partial charge on any atom is 0.259 e. The van der Waals surface area contributed by atoms with Crippen LogP contribution in [0.3, 0.4) is 0 Å². The van der Waals surface area contributed by atoms with Crippen LogP contribution < -0.4 is 10.5 Å². The van der Waals surface area contributed by atoms with E-state index in [0.29, 0.717) is 28.6 Å². The van der Waals surface area contributed by atoms with Crippen LogP contribution in [0.25, 0.3) is 21.5 Å². The molecule has 6 nitrogen and oxygen atoms in total. The highest BCUT2D eigenvalue weighted by Gasteiger charge is 2.24. The van der Waals surface area contributed by atoms with Crippen LogP contribution >= 0.6 is 34.4 Å². The van der Waals surface area contributed by atoms with Gasteiger partial charge in [0.1, 0.15) is 10.7 Å². The molecular formula is C24H24N4O2S3. The molecule has 1 N–H and O–H groups in total. The number of H-pyrrole nitrogens is 1. The van der Waals surface area contributed by atoms with E-state index in [9.17, 15) is 9.59 Å². The van der Waals surface area contributed by atoms with Crippen molar-refractivity contribution in [3.05, 3.63) is 75.0 Å². The third-order valence-corrected chi connectivity index (χ3v) is 8.38. The van der Waals surface area contributed by atoms with Gasteiger partial charge in [-0.1, -0.05) is 36.4 Å². The van der Waals surface area contributed by atoms with Gasteiger partial charge in [-0.15, -0.1) is 41.0 Å². The van der Waals surface area contributed by atoms with E-state index >= 15 is 0 Å². The number of thioether (sulfide) groups is 1. The van der Waals surface area contributed by atoms with Gasteiger partial charge in [0.2, 0.25) is 5.91 Å². The number of hydrogen-bond acceptors (Lipinski definition) is 7. The fraction of sp³-hybridized carbons (Fsp3) is 0.250. The molecule has 1 atom stereocenters. The standard InChI is InChI=1S/C24H24N4O2S3/c1-5-11-28(24-25-18(12-32-24)17-9-7-6-8-10-17)23(30)16(4)31-13-19-26-21(29)20-14(2)15(3)33-22(20)27-19/h5-10,12,16H,1,11,13H2,2-4H3,(H,26,27,29). The summed E-state index contributed by atoms with van der Waals surface area (Å²) in [6.45, 7) is 9.98. The number of rotatable bonds is 8. The van der Waals surface area contributed by atoms with Crippen LogP contribution in [0.4, 0.5) is 5.13 Å². The number of hydrogen-bond donors (Lipinski definition) is 1. The van der Waals surface area contributed by atoms with Crippen LogP contribution in [0.15, 0.2) is 53.2 Å². The molecule has 0 aliphatic carbocycles. The van der Waals surface area contributed by atoms with Crippen LogP contribution in [0.1, 0.15) is 23.2 Å². The number of fused-ring (bicyclic) bond motifs is 1. The first-order chi connectivity index (χ1) is 15.9. The molecular weight excluding hydrogens is 472 g/mol. The van der Waals surface area contributed by atoms with Gasteiger partial charge in [-0.05, 0) is 26.3 Å². The summed E-state index contributed by atoms with van der Waals surface area (Å²) < 4.78 is 0. The van der Waals surface area contributed by atoms with Crippen LogP contribution in [-0.4, -0.2) is 32.7 Å². The molecule has 0 aliphatic rings. The molecule has 0 saturated carbocycles. The van der Waals surface area contributed by atoms with Gasteiger partial charge in [-0.25, -0.2) is 9.97 Å². The van der Waals surface area contributed by atoms with Crippen molar-refractivity contribution in [2.24, 2.45) is 0 Å². The van der Waals surface area contributed by atoms with Gasteiger partial charge in [-0.2, -0.15) is 0 Å². The highest BCUT2D eigenvalue weighted by atomic mass is 32.2. The van der Waals surface area contributed by atoms with Gasteiger partial charge in [0, 0.05) is 22.4 Å². The SMILES string of the molecule is C=CCN(C(=O)C(C)SCc1nc2sc(C)c(C)c2c(=O)[nH]1)c1nc(-c2ccccc2)cs1. The molecule has 1 aromatic carbocycles. The van der Waals surface area contributed by atoms with Crippen molar-refractivity contribution in [1.29, 1.82) is 0 Å². The summed E-state index contributed by atoms with van der Waals surface area (Å²) in [5.74, 6) is 0.956. The number of thiophene rings is 1. The number of aryl methyl sites for hydroxylation is 2. The van der Waals surface area contributed by atoms with Crippen molar-refractivity contribution in [1.82, 2.24) is 15.0 Å². The van der Waals surface area contributed by atoms with Crippen molar-refractivity contribution < 1.29 is 4.79 Å². The Morgan fingerprint density at radius 3 is 2.76 bits per heavy atom. The van der Waals surface area contributed by atoms with E-state index in [-0.39, 0.29) is 16.7 Å². The summed E-state index contributed by atoms with van der Waals surface area (Å²) in [6, 6.07) is 9.89. The molecule has 0 saturated heterocycles. The normalized spacial score (nSPS) is 12.1. The van der Waals surface area contributed by atoms with Gasteiger partial charge in [0.05, 0.1) is 22.1 Å². The molecule has 0 spiro atoms. The summed E-state index contributed by atoms with van der Waals surface area (Å²) in [5, 5.41) is 2.91. The average molecular weight is 497 g/mol. The lowest BCUT2D eigenvalue weighted by Gasteiger charge is -2.21. The van der Waals surface area contributed by atoms with Crippen LogP contribution in [0, 0.1) is 13.8 Å². The zero-order valence-corrected chi connectivity index (χ0v) is 21.1. The molecule has 0 radical (unpaired) electrons.